The Bertz CT molecular complexity index is 822. The van der Waals surface area contributed by atoms with Gasteiger partial charge in [-0.1, -0.05) is 18.7 Å². The van der Waals surface area contributed by atoms with Gasteiger partial charge in [-0.25, -0.2) is 9.59 Å². The van der Waals surface area contributed by atoms with E-state index in [1.54, 1.807) is 0 Å². The summed E-state index contributed by atoms with van der Waals surface area (Å²) in [5.41, 5.74) is -3.25. The van der Waals surface area contributed by atoms with Gasteiger partial charge >= 0.3 is 17.9 Å². The summed E-state index contributed by atoms with van der Waals surface area (Å²) >= 11 is 5.65. The van der Waals surface area contributed by atoms with Crippen LogP contribution >= 0.6 is 11.6 Å². The fourth-order valence-electron chi connectivity index (χ4n) is 4.95. The van der Waals surface area contributed by atoms with Crippen molar-refractivity contribution in [2.45, 2.75) is 56.2 Å². The highest BCUT2D eigenvalue weighted by molar-refractivity contribution is 6.20. The van der Waals surface area contributed by atoms with Gasteiger partial charge < -0.3 is 29.5 Å². The largest absolute Gasteiger partial charge is 0.459 e. The van der Waals surface area contributed by atoms with E-state index in [-0.39, 0.29) is 18.4 Å². The number of hydrogen-bond acceptors (Lipinski definition) is 9. The molecule has 10 heteroatoms. The molecular formula is C21H27ClO9. The van der Waals surface area contributed by atoms with E-state index in [2.05, 4.69) is 13.2 Å². The lowest BCUT2D eigenvalue weighted by molar-refractivity contribution is -0.184. The lowest BCUT2D eigenvalue weighted by Gasteiger charge is -2.38. The van der Waals surface area contributed by atoms with Crippen LogP contribution in [0.25, 0.3) is 0 Å². The Morgan fingerprint density at radius 1 is 1.35 bits per heavy atom. The van der Waals surface area contributed by atoms with Crippen molar-refractivity contribution in [2.24, 2.45) is 17.8 Å². The third-order valence-corrected chi connectivity index (χ3v) is 7.08. The summed E-state index contributed by atoms with van der Waals surface area (Å²) in [5, 5.41) is 31.6. The molecule has 2 aliphatic carbocycles. The van der Waals surface area contributed by atoms with Crippen molar-refractivity contribution in [3.63, 3.8) is 0 Å². The Labute approximate surface area is 184 Å². The molecule has 9 nitrogen and oxygen atoms in total. The molecule has 8 atom stereocenters. The van der Waals surface area contributed by atoms with Crippen LogP contribution in [0.2, 0.25) is 0 Å². The van der Waals surface area contributed by atoms with Gasteiger partial charge in [0.25, 0.3) is 0 Å². The first kappa shape index (κ1) is 23.7. The van der Waals surface area contributed by atoms with Crippen LogP contribution in [0.1, 0.15) is 26.7 Å². The molecule has 3 fully saturated rings. The molecule has 0 aromatic heterocycles. The Morgan fingerprint density at radius 2 is 2.00 bits per heavy atom. The van der Waals surface area contributed by atoms with Gasteiger partial charge in [0.15, 0.2) is 5.60 Å². The first-order valence-electron chi connectivity index (χ1n) is 9.94. The smallest absolute Gasteiger partial charge is 0.339 e. The monoisotopic (exact) mass is 458 g/mol. The number of aliphatic hydroxyl groups is 3. The summed E-state index contributed by atoms with van der Waals surface area (Å²) in [6.45, 7) is 9.48. The molecule has 31 heavy (non-hydrogen) atoms. The van der Waals surface area contributed by atoms with E-state index < -0.39 is 77.7 Å². The maximum Gasteiger partial charge on any atom is 0.339 e. The van der Waals surface area contributed by atoms with Crippen molar-refractivity contribution >= 4 is 29.5 Å². The van der Waals surface area contributed by atoms with Gasteiger partial charge in [-0.2, -0.15) is 0 Å². The Balaban J connectivity index is 2.02. The number of ether oxygens (including phenoxy) is 3. The molecule has 1 saturated heterocycles. The van der Waals surface area contributed by atoms with E-state index in [1.807, 2.05) is 0 Å². The first-order chi connectivity index (χ1) is 14.4. The minimum Gasteiger partial charge on any atom is -0.459 e. The van der Waals surface area contributed by atoms with Crippen molar-refractivity contribution in [1.82, 2.24) is 0 Å². The molecule has 1 heterocycles. The van der Waals surface area contributed by atoms with Crippen LogP contribution in [0.4, 0.5) is 0 Å². The van der Waals surface area contributed by atoms with Crippen molar-refractivity contribution < 1.29 is 43.9 Å². The predicted octanol–water partition coefficient (Wildman–Crippen LogP) is 0.237. The Hall–Kier alpha value is -1.94. The van der Waals surface area contributed by atoms with Crippen LogP contribution in [0.15, 0.2) is 24.3 Å². The zero-order chi connectivity index (χ0) is 23.3. The quantitative estimate of drug-likeness (QED) is 0.174. The number of fused-ring (bicyclic) bond motifs is 3. The summed E-state index contributed by atoms with van der Waals surface area (Å²) in [4.78, 5) is 36.4. The molecule has 172 valence electrons. The van der Waals surface area contributed by atoms with Gasteiger partial charge in [0, 0.05) is 24.8 Å². The third kappa shape index (κ3) is 3.88. The molecule has 0 aromatic rings. The summed E-state index contributed by atoms with van der Waals surface area (Å²) in [7, 11) is 0. The zero-order valence-corrected chi connectivity index (χ0v) is 18.1. The van der Waals surface area contributed by atoms with Crippen LogP contribution in [-0.4, -0.2) is 75.2 Å². The highest BCUT2D eigenvalue weighted by Gasteiger charge is 2.65. The highest BCUT2D eigenvalue weighted by atomic mass is 35.5. The van der Waals surface area contributed by atoms with Gasteiger partial charge in [0.05, 0.1) is 18.4 Å². The number of carbonyl (C=O) groups is 3. The predicted molar refractivity (Wildman–Crippen MR) is 107 cm³/mol. The van der Waals surface area contributed by atoms with Crippen molar-refractivity contribution in [3.8, 4) is 0 Å². The number of alkyl halides is 1. The molecule has 0 bridgehead atoms. The number of rotatable bonds is 5. The Morgan fingerprint density at radius 3 is 2.55 bits per heavy atom. The zero-order valence-electron chi connectivity index (χ0n) is 17.4. The van der Waals surface area contributed by atoms with E-state index >= 15 is 0 Å². The normalized spacial score (nSPS) is 39.1. The fourth-order valence-corrected chi connectivity index (χ4v) is 5.06. The van der Waals surface area contributed by atoms with Crippen LogP contribution in [0.5, 0.6) is 0 Å². The van der Waals surface area contributed by atoms with E-state index in [0.717, 1.165) is 0 Å². The lowest BCUT2D eigenvalue weighted by atomic mass is 9.76. The second-order valence-electron chi connectivity index (χ2n) is 8.75. The van der Waals surface area contributed by atoms with Crippen molar-refractivity contribution in [2.75, 3.05) is 12.5 Å². The molecule has 0 aromatic carbocycles. The third-order valence-electron chi connectivity index (χ3n) is 6.56. The molecule has 2 saturated carbocycles. The van der Waals surface area contributed by atoms with Gasteiger partial charge in [0.1, 0.15) is 23.9 Å². The topological polar surface area (TPSA) is 140 Å². The van der Waals surface area contributed by atoms with Crippen molar-refractivity contribution in [3.05, 3.63) is 24.3 Å². The minimum absolute atomic E-state index is 0.0398. The van der Waals surface area contributed by atoms with E-state index in [9.17, 15) is 29.7 Å². The molecule has 3 N–H and O–H groups in total. The first-order valence-corrected chi connectivity index (χ1v) is 10.5. The van der Waals surface area contributed by atoms with Gasteiger partial charge in [-0.15, -0.1) is 11.6 Å². The van der Waals surface area contributed by atoms with Crippen LogP contribution in [0.3, 0.4) is 0 Å². The van der Waals surface area contributed by atoms with E-state index in [0.29, 0.717) is 5.57 Å². The highest BCUT2D eigenvalue weighted by Crippen LogP contribution is 2.55. The molecule has 0 radical (unpaired) electrons. The second-order valence-corrected chi connectivity index (χ2v) is 9.02. The number of esters is 3. The molecule has 1 aliphatic heterocycles. The molecule has 0 amide bonds. The number of hydrogen-bond donors (Lipinski definition) is 3. The van der Waals surface area contributed by atoms with Gasteiger partial charge in [-0.3, -0.25) is 4.79 Å². The van der Waals surface area contributed by atoms with E-state index in [4.69, 9.17) is 25.8 Å². The summed E-state index contributed by atoms with van der Waals surface area (Å²) in [6.07, 6.45) is -2.77. The van der Waals surface area contributed by atoms with Crippen LogP contribution < -0.4 is 0 Å². The molecule has 0 unspecified atom stereocenters. The molecule has 3 aliphatic rings. The van der Waals surface area contributed by atoms with Crippen LogP contribution in [-0.2, 0) is 28.6 Å². The summed E-state index contributed by atoms with van der Waals surface area (Å²) in [6, 6.07) is 0. The Kier molecular flexibility index (Phi) is 6.27. The summed E-state index contributed by atoms with van der Waals surface area (Å²) in [5.74, 6) is -4.95. The SMILES string of the molecule is C=C1C(=O)O[C@H]2[C@H]1[C@@H](OC(=O)[C@@](C)(O)CCl)CC(=C)[C@@H]1C[C@H](OC(C)=O)[C@@](O)(CO)[C@H]21. The number of carbonyl (C=O) groups excluding carboxylic acids is 3. The number of aliphatic hydroxyl groups excluding tert-OH is 1. The standard InChI is InChI=1S/C21H27ClO9/c1-9-5-13(30-19(26)20(4,27)7-22)15-10(2)18(25)31-17(15)16-12(9)6-14(29-11(3)24)21(16,28)8-23/h12-17,23,27-28H,1-2,5-8H2,3-4H3/t12-,13-,14-,15+,16-,17-,20-,21-/m0/s1. The summed E-state index contributed by atoms with van der Waals surface area (Å²) < 4.78 is 16.3. The number of halogens is 1. The van der Waals surface area contributed by atoms with E-state index in [1.165, 1.54) is 13.8 Å². The average molecular weight is 459 g/mol. The fraction of sp³-hybridized carbons (Fsp3) is 0.667. The van der Waals surface area contributed by atoms with Gasteiger partial charge in [-0.05, 0) is 19.3 Å². The lowest BCUT2D eigenvalue weighted by Crippen LogP contribution is -2.54. The van der Waals surface area contributed by atoms with Crippen molar-refractivity contribution in [1.29, 1.82) is 0 Å². The van der Waals surface area contributed by atoms with Crippen LogP contribution in [0, 0.1) is 17.8 Å². The molecule has 3 rings (SSSR count). The average Bonchev–Trinajstić information content (AvgIpc) is 3.10. The minimum atomic E-state index is -1.95. The second kappa shape index (κ2) is 8.20. The van der Waals surface area contributed by atoms with Gasteiger partial charge in [0.2, 0.25) is 0 Å². The molecule has 0 spiro atoms. The maximum atomic E-state index is 12.5. The molecular weight excluding hydrogens is 432 g/mol. The maximum absolute atomic E-state index is 12.5.